The summed E-state index contributed by atoms with van der Waals surface area (Å²) in [4.78, 5) is 36.7. The van der Waals surface area contributed by atoms with Crippen LogP contribution in [0.1, 0.15) is 27.6 Å². The monoisotopic (exact) mass is 464 g/mol. The average molecular weight is 464 g/mol. The maximum Gasteiger partial charge on any atom is 0.513 e. The molecule has 0 atom stereocenters. The number of carbonyl (C=O) groups excluding carboxylic acids is 3. The first-order valence-electron chi connectivity index (χ1n) is 10.3. The zero-order valence-electron chi connectivity index (χ0n) is 18.9. The lowest BCUT2D eigenvalue weighted by molar-refractivity contribution is 0.101. The molecule has 0 heterocycles. The summed E-state index contributed by atoms with van der Waals surface area (Å²) < 4.78 is 20.1. The molecule has 9 nitrogen and oxygen atoms in total. The smallest absolute Gasteiger partial charge is 0.497 e. The zero-order chi connectivity index (χ0) is 24.5. The Balaban J connectivity index is 1.66. The van der Waals surface area contributed by atoms with Crippen molar-refractivity contribution in [2.75, 3.05) is 31.5 Å². The van der Waals surface area contributed by atoms with Gasteiger partial charge in [-0.1, -0.05) is 6.07 Å². The fourth-order valence-electron chi connectivity index (χ4n) is 2.94. The minimum Gasteiger partial charge on any atom is -0.497 e. The minimum absolute atomic E-state index is 0.201. The van der Waals surface area contributed by atoms with Crippen LogP contribution in [0, 0.1) is 0 Å². The van der Waals surface area contributed by atoms with Crippen molar-refractivity contribution in [3.05, 3.63) is 77.9 Å². The van der Waals surface area contributed by atoms with Crippen LogP contribution in [0.3, 0.4) is 0 Å². The highest BCUT2D eigenvalue weighted by Gasteiger charge is 2.12. The lowest BCUT2D eigenvalue weighted by atomic mass is 10.1. The lowest BCUT2D eigenvalue weighted by Gasteiger charge is -2.11. The van der Waals surface area contributed by atoms with E-state index >= 15 is 0 Å². The first kappa shape index (κ1) is 24.1. The van der Waals surface area contributed by atoms with Crippen molar-refractivity contribution in [1.29, 1.82) is 0 Å². The van der Waals surface area contributed by atoms with Crippen LogP contribution in [0.25, 0.3) is 0 Å². The van der Waals surface area contributed by atoms with Gasteiger partial charge in [-0.2, -0.15) is 0 Å². The number of hydrogen-bond acceptors (Lipinski definition) is 7. The van der Waals surface area contributed by atoms with Gasteiger partial charge in [0.2, 0.25) is 0 Å². The van der Waals surface area contributed by atoms with E-state index in [1.807, 2.05) is 0 Å². The molecule has 0 saturated heterocycles. The molecular weight excluding hydrogens is 440 g/mol. The normalized spacial score (nSPS) is 10.1. The number of rotatable bonds is 8. The third kappa shape index (κ3) is 6.49. The van der Waals surface area contributed by atoms with Crippen molar-refractivity contribution in [3.63, 3.8) is 0 Å². The molecule has 3 aromatic rings. The molecule has 0 aliphatic rings. The van der Waals surface area contributed by atoms with Crippen molar-refractivity contribution >= 4 is 29.3 Å². The second kappa shape index (κ2) is 11.4. The average Bonchev–Trinajstić information content (AvgIpc) is 2.84. The Morgan fingerprint density at radius 1 is 0.706 bits per heavy atom. The summed E-state index contributed by atoms with van der Waals surface area (Å²) in [5.41, 5.74) is 1.69. The summed E-state index contributed by atoms with van der Waals surface area (Å²) in [6.45, 7) is 1.87. The molecule has 3 rings (SSSR count). The highest BCUT2D eigenvalue weighted by molar-refractivity contribution is 6.06. The number of carbonyl (C=O) groups is 3. The first-order chi connectivity index (χ1) is 16.4. The van der Waals surface area contributed by atoms with Crippen LogP contribution in [0.4, 0.5) is 16.2 Å². The van der Waals surface area contributed by atoms with Gasteiger partial charge in [-0.3, -0.25) is 9.59 Å². The molecule has 0 aliphatic carbocycles. The molecule has 9 heteroatoms. The number of nitrogens with one attached hydrogen (secondary N) is 2. The maximum absolute atomic E-state index is 12.7. The van der Waals surface area contributed by atoms with E-state index in [1.165, 1.54) is 38.5 Å². The third-order valence-electron chi connectivity index (χ3n) is 4.57. The van der Waals surface area contributed by atoms with Crippen LogP contribution in [-0.4, -0.2) is 38.8 Å². The summed E-state index contributed by atoms with van der Waals surface area (Å²) in [6, 6.07) is 17.6. The first-order valence-corrected chi connectivity index (χ1v) is 10.3. The van der Waals surface area contributed by atoms with E-state index in [2.05, 4.69) is 10.6 Å². The Morgan fingerprint density at radius 3 is 1.79 bits per heavy atom. The third-order valence-corrected chi connectivity index (χ3v) is 4.57. The molecule has 176 valence electrons. The largest absolute Gasteiger partial charge is 0.513 e. The van der Waals surface area contributed by atoms with Gasteiger partial charge in [0.1, 0.15) is 17.2 Å². The number of anilines is 2. The fourth-order valence-corrected chi connectivity index (χ4v) is 2.94. The lowest BCUT2D eigenvalue weighted by Crippen LogP contribution is -2.14. The summed E-state index contributed by atoms with van der Waals surface area (Å²) in [5, 5.41) is 5.55. The zero-order valence-corrected chi connectivity index (χ0v) is 18.9. The van der Waals surface area contributed by atoms with Gasteiger partial charge in [0, 0.05) is 28.6 Å². The fraction of sp³-hybridized carbons (Fsp3) is 0.160. The second-order valence-electron chi connectivity index (χ2n) is 6.90. The van der Waals surface area contributed by atoms with Crippen molar-refractivity contribution in [2.45, 2.75) is 6.92 Å². The van der Waals surface area contributed by atoms with Crippen molar-refractivity contribution in [3.8, 4) is 17.2 Å². The van der Waals surface area contributed by atoms with Crippen LogP contribution >= 0.6 is 0 Å². The van der Waals surface area contributed by atoms with E-state index < -0.39 is 6.16 Å². The Bertz CT molecular complexity index is 1150. The van der Waals surface area contributed by atoms with Crippen LogP contribution < -0.4 is 24.8 Å². The van der Waals surface area contributed by atoms with E-state index in [0.717, 1.165) is 0 Å². The number of methoxy groups -OCH3 is 2. The number of amides is 2. The van der Waals surface area contributed by atoms with Gasteiger partial charge in [-0.15, -0.1) is 0 Å². The van der Waals surface area contributed by atoms with Gasteiger partial charge in [0.15, 0.2) is 0 Å². The highest BCUT2D eigenvalue weighted by atomic mass is 16.7. The van der Waals surface area contributed by atoms with E-state index in [0.29, 0.717) is 34.0 Å². The summed E-state index contributed by atoms with van der Waals surface area (Å²) in [5.74, 6) is 0.504. The minimum atomic E-state index is -0.814. The molecule has 0 aliphatic heterocycles. The van der Waals surface area contributed by atoms with Gasteiger partial charge in [-0.25, -0.2) is 4.79 Å². The van der Waals surface area contributed by atoms with Gasteiger partial charge in [0.25, 0.3) is 11.8 Å². The molecule has 2 N–H and O–H groups in total. The molecule has 0 fully saturated rings. The standard InChI is InChI=1S/C25H24N2O7/c1-4-33-25(30)34-20-10-8-16(9-11-20)23(28)26-18-6-5-7-19(14-18)27-24(29)17-12-21(31-2)15-22(13-17)32-3/h5-15H,4H2,1-3H3,(H,26,28)(H,27,29). The van der Waals surface area contributed by atoms with Crippen LogP contribution in [0.15, 0.2) is 66.7 Å². The van der Waals surface area contributed by atoms with Crippen molar-refractivity contribution < 1.29 is 33.3 Å². The molecule has 34 heavy (non-hydrogen) atoms. The predicted octanol–water partition coefficient (Wildman–Crippen LogP) is 4.74. The SMILES string of the molecule is CCOC(=O)Oc1ccc(C(=O)Nc2cccc(NC(=O)c3cc(OC)cc(OC)c3)c2)cc1. The quantitative estimate of drug-likeness (QED) is 0.366. The number of benzene rings is 3. The van der Waals surface area contributed by atoms with Gasteiger partial charge >= 0.3 is 6.16 Å². The van der Waals surface area contributed by atoms with Crippen molar-refractivity contribution in [1.82, 2.24) is 0 Å². The van der Waals surface area contributed by atoms with Crippen molar-refractivity contribution in [2.24, 2.45) is 0 Å². The van der Waals surface area contributed by atoms with Gasteiger partial charge < -0.3 is 29.6 Å². The Morgan fingerprint density at radius 2 is 1.26 bits per heavy atom. The number of ether oxygens (including phenoxy) is 4. The summed E-state index contributed by atoms with van der Waals surface area (Å²) in [6.07, 6.45) is -0.814. The van der Waals surface area contributed by atoms with E-state index in [1.54, 1.807) is 49.4 Å². The van der Waals surface area contributed by atoms with Gasteiger partial charge in [0.05, 0.1) is 20.8 Å². The predicted molar refractivity (Wildman–Crippen MR) is 126 cm³/mol. The molecule has 0 unspecified atom stereocenters. The van der Waals surface area contributed by atoms with E-state index in [-0.39, 0.29) is 24.2 Å². The maximum atomic E-state index is 12.7. The molecule has 3 aromatic carbocycles. The van der Waals surface area contributed by atoms with Crippen LogP contribution in [0.2, 0.25) is 0 Å². The number of hydrogen-bond donors (Lipinski definition) is 2. The topological polar surface area (TPSA) is 112 Å². The molecule has 0 aromatic heterocycles. The second-order valence-corrected chi connectivity index (χ2v) is 6.90. The van der Waals surface area contributed by atoms with Crippen LogP contribution in [-0.2, 0) is 4.74 Å². The molecule has 0 saturated carbocycles. The molecule has 0 bridgehead atoms. The van der Waals surface area contributed by atoms with Crippen LogP contribution in [0.5, 0.6) is 17.2 Å². The summed E-state index contributed by atoms with van der Waals surface area (Å²) >= 11 is 0. The highest BCUT2D eigenvalue weighted by Crippen LogP contribution is 2.24. The van der Waals surface area contributed by atoms with Gasteiger partial charge in [-0.05, 0) is 61.5 Å². The Hall–Kier alpha value is -4.53. The Labute approximate surface area is 196 Å². The molecular formula is C25H24N2O7. The molecule has 2 amide bonds. The van der Waals surface area contributed by atoms with E-state index in [9.17, 15) is 14.4 Å². The van der Waals surface area contributed by atoms with E-state index in [4.69, 9.17) is 18.9 Å². The molecule has 0 spiro atoms. The molecule has 0 radical (unpaired) electrons. The summed E-state index contributed by atoms with van der Waals surface area (Å²) in [7, 11) is 3.01. The Kier molecular flexibility index (Phi) is 8.07.